The fourth-order valence-corrected chi connectivity index (χ4v) is 5.89. The number of carbonyl (C=O) groups is 1. The molecule has 28 heavy (non-hydrogen) atoms. The van der Waals surface area contributed by atoms with Crippen LogP contribution in [0.2, 0.25) is 0 Å². The highest BCUT2D eigenvalue weighted by Crippen LogP contribution is 2.46. The van der Waals surface area contributed by atoms with Gasteiger partial charge in [0.05, 0.1) is 12.7 Å². The Labute approximate surface area is 171 Å². The van der Waals surface area contributed by atoms with Gasteiger partial charge in [0.25, 0.3) is 0 Å². The predicted octanol–water partition coefficient (Wildman–Crippen LogP) is 2.95. The summed E-state index contributed by atoms with van der Waals surface area (Å²) in [5.74, 6) is 0.311. The van der Waals surface area contributed by atoms with Crippen LogP contribution in [0.5, 0.6) is 5.88 Å². The van der Waals surface area contributed by atoms with E-state index in [-0.39, 0.29) is 4.90 Å². The van der Waals surface area contributed by atoms with E-state index in [9.17, 15) is 9.00 Å². The summed E-state index contributed by atoms with van der Waals surface area (Å²) in [4.78, 5) is 12.7. The van der Waals surface area contributed by atoms with Crippen molar-refractivity contribution < 1.29 is 13.7 Å². The van der Waals surface area contributed by atoms with E-state index in [1.54, 1.807) is 4.68 Å². The lowest BCUT2D eigenvalue weighted by Crippen LogP contribution is -2.27. The molecular formula is C18H20BrN5O3S. The first-order valence-corrected chi connectivity index (χ1v) is 11.5. The molecule has 0 radical (unpaired) electrons. The number of nitrogens with two attached hydrogens (primary N) is 1. The number of urea groups is 1. The maximum absolute atomic E-state index is 13.0. The number of carbonyl (C=O) groups excluding carboxylic acids is 1. The van der Waals surface area contributed by atoms with Crippen molar-refractivity contribution in [3.63, 3.8) is 0 Å². The Morgan fingerprint density at radius 1 is 1.29 bits per heavy atom. The van der Waals surface area contributed by atoms with Crippen LogP contribution in [0, 0.1) is 0 Å². The molecule has 1 aliphatic heterocycles. The molecule has 1 aromatic heterocycles. The quantitative estimate of drug-likeness (QED) is 0.709. The highest BCUT2D eigenvalue weighted by atomic mass is 79.9. The number of rotatable bonds is 2. The Bertz CT molecular complexity index is 1140. The van der Waals surface area contributed by atoms with Gasteiger partial charge >= 0.3 is 6.03 Å². The van der Waals surface area contributed by atoms with Crippen LogP contribution in [0.25, 0.3) is 0 Å². The Hall–Kier alpha value is -1.91. The molecule has 0 spiro atoms. The van der Waals surface area contributed by atoms with Gasteiger partial charge in [-0.3, -0.25) is 0 Å². The minimum atomic E-state index is -3.48. The van der Waals surface area contributed by atoms with E-state index in [0.29, 0.717) is 12.4 Å². The van der Waals surface area contributed by atoms with Crippen molar-refractivity contribution in [2.75, 3.05) is 5.32 Å². The van der Waals surface area contributed by atoms with E-state index >= 15 is 0 Å². The molecule has 0 saturated heterocycles. The first-order valence-electron chi connectivity index (χ1n) is 9.12. The number of amides is 2. The number of anilines is 1. The van der Waals surface area contributed by atoms with Crippen LogP contribution in [-0.2, 0) is 42.1 Å². The molecular weight excluding hydrogens is 446 g/mol. The Morgan fingerprint density at radius 3 is 2.46 bits per heavy atom. The second-order valence-corrected chi connectivity index (χ2v) is 10.6. The summed E-state index contributed by atoms with van der Waals surface area (Å²) in [5.41, 5.74) is 5.09. The zero-order chi connectivity index (χ0) is 19.8. The van der Waals surface area contributed by atoms with E-state index in [1.807, 2.05) is 13.8 Å². The maximum Gasteiger partial charge on any atom is 0.354 e. The Kier molecular flexibility index (Phi) is 3.76. The lowest BCUT2D eigenvalue weighted by atomic mass is 9.76. The molecule has 2 aliphatic carbocycles. The van der Waals surface area contributed by atoms with Crippen LogP contribution >= 0.6 is 15.9 Å². The van der Waals surface area contributed by atoms with Crippen LogP contribution in [-0.4, -0.2) is 25.6 Å². The summed E-state index contributed by atoms with van der Waals surface area (Å²) >= 11 is 3.67. The lowest BCUT2D eigenvalue weighted by molar-refractivity contribution is 0.132. The molecule has 1 atom stereocenters. The fourth-order valence-electron chi connectivity index (χ4n) is 4.03. The standard InChI is InChI=1S/C18H20BrN5O3S/c1-18(2)8-24-16(27-18)13(7-21-24)28(20,26)23-17(25)22-15-11-5-3-9(11)14(19)10-4-6-12(10)15/h7H,3-6,8H2,1-2H3,(H3,20,22,23,25,26). The van der Waals surface area contributed by atoms with Crippen LogP contribution in [0.1, 0.15) is 36.1 Å². The molecule has 2 heterocycles. The third-order valence-corrected chi connectivity index (χ3v) is 7.85. The van der Waals surface area contributed by atoms with E-state index in [0.717, 1.165) is 42.5 Å². The molecule has 2 amide bonds. The number of nitrogens with one attached hydrogen (secondary N) is 1. The predicted molar refractivity (Wildman–Crippen MR) is 108 cm³/mol. The average Bonchev–Trinajstić information content (AvgIpc) is 2.97. The fraction of sp³-hybridized carbons (Fsp3) is 0.444. The molecule has 10 heteroatoms. The third kappa shape index (κ3) is 2.61. The first kappa shape index (κ1) is 18.1. The first-order chi connectivity index (χ1) is 13.2. The third-order valence-electron chi connectivity index (χ3n) is 5.54. The number of hydrogen-bond acceptors (Lipinski definition) is 4. The Morgan fingerprint density at radius 2 is 1.89 bits per heavy atom. The molecule has 0 saturated carbocycles. The molecule has 148 valence electrons. The summed E-state index contributed by atoms with van der Waals surface area (Å²) in [6.07, 6.45) is 5.17. The minimum absolute atomic E-state index is 0.144. The molecule has 8 nitrogen and oxygen atoms in total. The highest BCUT2D eigenvalue weighted by Gasteiger charge is 2.36. The molecule has 0 fully saturated rings. The summed E-state index contributed by atoms with van der Waals surface area (Å²) in [6, 6.07) is -0.713. The SMILES string of the molecule is CC1(C)Cn2ncc(S(N)(=O)=NC(=O)Nc3c4c(c(Br)c5c3CC5)CC4)c2O1. The number of fused-ring (bicyclic) bond motifs is 3. The van der Waals surface area contributed by atoms with Gasteiger partial charge in [0.2, 0.25) is 5.88 Å². The van der Waals surface area contributed by atoms with Crippen LogP contribution in [0.3, 0.4) is 0 Å². The molecule has 3 aliphatic rings. The van der Waals surface area contributed by atoms with Gasteiger partial charge < -0.3 is 10.1 Å². The van der Waals surface area contributed by atoms with Gasteiger partial charge in [-0.25, -0.2) is 18.8 Å². The Balaban J connectivity index is 1.47. The van der Waals surface area contributed by atoms with Crippen molar-refractivity contribution in [3.8, 4) is 5.88 Å². The van der Waals surface area contributed by atoms with Gasteiger partial charge in [-0.2, -0.15) is 5.10 Å². The van der Waals surface area contributed by atoms with Crippen LogP contribution in [0.4, 0.5) is 10.5 Å². The van der Waals surface area contributed by atoms with E-state index < -0.39 is 21.5 Å². The topological polar surface area (TPSA) is 112 Å². The molecule has 2 aromatic rings. The molecule has 1 aromatic carbocycles. The van der Waals surface area contributed by atoms with Crippen molar-refractivity contribution in [3.05, 3.63) is 32.9 Å². The number of halogens is 1. The minimum Gasteiger partial charge on any atom is -0.469 e. The average molecular weight is 466 g/mol. The largest absolute Gasteiger partial charge is 0.469 e. The zero-order valence-electron chi connectivity index (χ0n) is 15.5. The van der Waals surface area contributed by atoms with Gasteiger partial charge in [-0.15, -0.1) is 4.36 Å². The summed E-state index contributed by atoms with van der Waals surface area (Å²) < 4.78 is 25.4. The lowest BCUT2D eigenvalue weighted by Gasteiger charge is -2.33. The number of aromatic nitrogens is 2. The maximum atomic E-state index is 13.0. The zero-order valence-corrected chi connectivity index (χ0v) is 17.9. The number of nitrogens with zero attached hydrogens (tertiary/aromatic N) is 3. The monoisotopic (exact) mass is 465 g/mol. The van der Waals surface area contributed by atoms with Gasteiger partial charge in [-0.1, -0.05) is 15.9 Å². The molecule has 0 bridgehead atoms. The van der Waals surface area contributed by atoms with Crippen molar-refractivity contribution in [1.29, 1.82) is 0 Å². The van der Waals surface area contributed by atoms with Crippen molar-refractivity contribution in [2.24, 2.45) is 9.50 Å². The van der Waals surface area contributed by atoms with Crippen molar-refractivity contribution >= 4 is 37.6 Å². The summed E-state index contributed by atoms with van der Waals surface area (Å²) in [7, 11) is -3.48. The van der Waals surface area contributed by atoms with Crippen LogP contribution < -0.4 is 15.2 Å². The molecule has 3 N–H and O–H groups in total. The van der Waals surface area contributed by atoms with Gasteiger partial charge in [-0.05, 0) is 61.8 Å². The van der Waals surface area contributed by atoms with Gasteiger partial charge in [0, 0.05) is 10.2 Å². The van der Waals surface area contributed by atoms with Crippen molar-refractivity contribution in [2.45, 2.75) is 56.6 Å². The molecule has 5 rings (SSSR count). The summed E-state index contributed by atoms with van der Waals surface area (Å²) in [6.45, 7) is 4.31. The van der Waals surface area contributed by atoms with E-state index in [1.165, 1.54) is 21.8 Å². The van der Waals surface area contributed by atoms with Gasteiger partial charge in [0.1, 0.15) is 10.5 Å². The van der Waals surface area contributed by atoms with E-state index in [4.69, 9.17) is 9.88 Å². The van der Waals surface area contributed by atoms with Gasteiger partial charge in [0.15, 0.2) is 9.92 Å². The van der Waals surface area contributed by atoms with Crippen molar-refractivity contribution in [1.82, 2.24) is 9.78 Å². The second-order valence-electron chi connectivity index (χ2n) is 8.03. The molecule has 1 unspecified atom stereocenters. The number of benzene rings is 1. The number of ether oxygens (including phenoxy) is 1. The van der Waals surface area contributed by atoms with E-state index in [2.05, 4.69) is 30.7 Å². The normalized spacial score (nSPS) is 19.9. The summed E-state index contributed by atoms with van der Waals surface area (Å²) in [5, 5.41) is 12.9. The smallest absolute Gasteiger partial charge is 0.354 e. The second kappa shape index (κ2) is 5.80. The number of hydrogen-bond donors (Lipinski definition) is 2. The highest BCUT2D eigenvalue weighted by molar-refractivity contribution is 9.10. The van der Waals surface area contributed by atoms with Crippen LogP contribution in [0.15, 0.2) is 19.9 Å².